The average Bonchev–Trinajstić information content (AvgIpc) is 2.47. The molecule has 1 heterocycles. The van der Waals surface area contributed by atoms with Crippen molar-refractivity contribution in [2.75, 3.05) is 0 Å². The topological polar surface area (TPSA) is 32.6 Å². The van der Waals surface area contributed by atoms with Crippen LogP contribution in [0.5, 0.6) is 5.75 Å². The van der Waals surface area contributed by atoms with E-state index in [0.29, 0.717) is 11.8 Å². The van der Waals surface area contributed by atoms with Crippen LogP contribution in [0, 0.1) is 0 Å². The van der Waals surface area contributed by atoms with Gasteiger partial charge in [-0.2, -0.15) is 0 Å². The maximum absolute atomic E-state index is 9.17. The molecule has 1 aliphatic heterocycles. The van der Waals surface area contributed by atoms with Crippen LogP contribution in [-0.2, 0) is 0 Å². The van der Waals surface area contributed by atoms with E-state index in [4.69, 9.17) is 0 Å². The lowest BCUT2D eigenvalue weighted by molar-refractivity contribution is 0.474. The van der Waals surface area contributed by atoms with Gasteiger partial charge in [0.15, 0.2) is 0 Å². The number of aromatic hydroxyl groups is 1. The van der Waals surface area contributed by atoms with Crippen molar-refractivity contribution in [3.8, 4) is 5.75 Å². The molecule has 1 aromatic carbocycles. The molecule has 1 N–H and O–H groups in total. The number of hydrogen-bond donors (Lipinski definition) is 1. The lowest BCUT2D eigenvalue weighted by Crippen LogP contribution is -1.93. The van der Waals surface area contributed by atoms with Gasteiger partial charge in [0.25, 0.3) is 0 Å². The summed E-state index contributed by atoms with van der Waals surface area (Å²) in [6.07, 6.45) is 6.75. The van der Waals surface area contributed by atoms with Crippen molar-refractivity contribution in [1.29, 1.82) is 0 Å². The van der Waals surface area contributed by atoms with E-state index in [2.05, 4.69) is 4.99 Å². The van der Waals surface area contributed by atoms with Crippen LogP contribution in [0.25, 0.3) is 0 Å². The van der Waals surface area contributed by atoms with Crippen LogP contribution in [-0.4, -0.2) is 11.3 Å². The second-order valence-electron chi connectivity index (χ2n) is 3.72. The van der Waals surface area contributed by atoms with Crippen molar-refractivity contribution >= 4 is 6.21 Å². The Kier molecular flexibility index (Phi) is 2.82. The van der Waals surface area contributed by atoms with Crippen LogP contribution < -0.4 is 0 Å². The summed E-state index contributed by atoms with van der Waals surface area (Å²) in [6, 6.07) is 7.69. The van der Waals surface area contributed by atoms with Crippen molar-refractivity contribution in [3.63, 3.8) is 0 Å². The van der Waals surface area contributed by atoms with E-state index in [0.717, 1.165) is 12.8 Å². The summed E-state index contributed by atoms with van der Waals surface area (Å²) in [5, 5.41) is 9.17. The third kappa shape index (κ3) is 2.13. The zero-order chi connectivity index (χ0) is 9.80. The zero-order valence-corrected chi connectivity index (χ0v) is 8.19. The molecule has 2 nitrogen and oxygen atoms in total. The third-order valence-electron chi connectivity index (χ3n) is 2.62. The molecule has 0 spiro atoms. The van der Waals surface area contributed by atoms with Crippen LogP contribution in [0.2, 0.25) is 0 Å². The van der Waals surface area contributed by atoms with Crippen LogP contribution in [0.1, 0.15) is 37.3 Å². The summed E-state index contributed by atoms with van der Waals surface area (Å²) in [6.45, 7) is 0. The summed E-state index contributed by atoms with van der Waals surface area (Å²) in [7, 11) is 0. The number of nitrogens with zero attached hydrogens (tertiary/aromatic N) is 1. The van der Waals surface area contributed by atoms with Gasteiger partial charge < -0.3 is 5.11 Å². The summed E-state index contributed by atoms with van der Waals surface area (Å²) < 4.78 is 0. The van der Waals surface area contributed by atoms with Gasteiger partial charge in [-0.3, -0.25) is 4.99 Å². The first-order valence-corrected chi connectivity index (χ1v) is 5.17. The molecular weight excluding hydrogens is 174 g/mol. The SMILES string of the molecule is Oc1ccc(C2CCCCC=N2)cc1. The molecule has 0 amide bonds. The second-order valence-corrected chi connectivity index (χ2v) is 3.72. The van der Waals surface area contributed by atoms with Gasteiger partial charge in [-0.15, -0.1) is 0 Å². The molecule has 0 fully saturated rings. The van der Waals surface area contributed by atoms with Gasteiger partial charge in [-0.25, -0.2) is 0 Å². The Morgan fingerprint density at radius 3 is 2.71 bits per heavy atom. The third-order valence-corrected chi connectivity index (χ3v) is 2.62. The molecule has 0 bridgehead atoms. The Morgan fingerprint density at radius 2 is 1.93 bits per heavy atom. The Morgan fingerprint density at radius 1 is 1.14 bits per heavy atom. The Balaban J connectivity index is 2.16. The Labute approximate surface area is 84.3 Å². The zero-order valence-electron chi connectivity index (χ0n) is 8.19. The van der Waals surface area contributed by atoms with Gasteiger partial charge in [0, 0.05) is 0 Å². The van der Waals surface area contributed by atoms with E-state index < -0.39 is 0 Å². The van der Waals surface area contributed by atoms with Crippen molar-refractivity contribution in [3.05, 3.63) is 29.8 Å². The van der Waals surface area contributed by atoms with Gasteiger partial charge in [0.05, 0.1) is 6.04 Å². The predicted octanol–water partition coefficient (Wildman–Crippen LogP) is 3.08. The quantitative estimate of drug-likeness (QED) is 0.723. The number of aliphatic imine (C=N–C) groups is 1. The molecule has 0 saturated heterocycles. The van der Waals surface area contributed by atoms with E-state index in [1.807, 2.05) is 18.3 Å². The van der Waals surface area contributed by atoms with Crippen LogP contribution in [0.4, 0.5) is 0 Å². The summed E-state index contributed by atoms with van der Waals surface area (Å²) >= 11 is 0. The maximum Gasteiger partial charge on any atom is 0.115 e. The van der Waals surface area contributed by atoms with E-state index in [-0.39, 0.29) is 0 Å². The highest BCUT2D eigenvalue weighted by atomic mass is 16.3. The molecule has 1 aliphatic rings. The van der Waals surface area contributed by atoms with E-state index in [9.17, 15) is 5.11 Å². The van der Waals surface area contributed by atoms with Crippen LogP contribution in [0.3, 0.4) is 0 Å². The molecule has 74 valence electrons. The largest absolute Gasteiger partial charge is 0.508 e. The van der Waals surface area contributed by atoms with Crippen LogP contribution >= 0.6 is 0 Å². The molecule has 1 atom stereocenters. The molecule has 0 aromatic heterocycles. The van der Waals surface area contributed by atoms with Crippen molar-refractivity contribution in [2.45, 2.75) is 31.7 Å². The van der Waals surface area contributed by atoms with Gasteiger partial charge in [-0.05, 0) is 43.2 Å². The van der Waals surface area contributed by atoms with E-state index in [1.54, 1.807) is 12.1 Å². The first kappa shape index (κ1) is 9.25. The predicted molar refractivity (Wildman–Crippen MR) is 57.8 cm³/mol. The first-order valence-electron chi connectivity index (χ1n) is 5.17. The van der Waals surface area contributed by atoms with Gasteiger partial charge in [-0.1, -0.05) is 18.6 Å². The molecule has 0 aliphatic carbocycles. The van der Waals surface area contributed by atoms with Crippen molar-refractivity contribution in [2.24, 2.45) is 4.99 Å². The Bertz CT molecular complexity index is 316. The number of phenols is 1. The fourth-order valence-corrected chi connectivity index (χ4v) is 1.80. The molecule has 2 rings (SSSR count). The highest BCUT2D eigenvalue weighted by Gasteiger charge is 2.10. The normalized spacial score (nSPS) is 21.9. The molecule has 0 radical (unpaired) electrons. The number of rotatable bonds is 1. The van der Waals surface area contributed by atoms with Crippen molar-refractivity contribution in [1.82, 2.24) is 0 Å². The highest BCUT2D eigenvalue weighted by molar-refractivity contribution is 5.58. The second kappa shape index (κ2) is 4.27. The minimum absolute atomic E-state index is 0.304. The number of phenolic OH excluding ortho intramolecular Hbond substituents is 1. The first-order chi connectivity index (χ1) is 6.86. The maximum atomic E-state index is 9.17. The minimum atomic E-state index is 0.304. The molecule has 0 saturated carbocycles. The fraction of sp³-hybridized carbons (Fsp3) is 0.417. The Hall–Kier alpha value is -1.31. The minimum Gasteiger partial charge on any atom is -0.508 e. The molecule has 14 heavy (non-hydrogen) atoms. The van der Waals surface area contributed by atoms with E-state index >= 15 is 0 Å². The average molecular weight is 189 g/mol. The fourth-order valence-electron chi connectivity index (χ4n) is 1.80. The molecule has 2 heteroatoms. The van der Waals surface area contributed by atoms with Gasteiger partial charge in [0.2, 0.25) is 0 Å². The standard InChI is InChI=1S/C12H15NO/c14-11-7-5-10(6-8-11)12-4-2-1-3-9-13-12/h5-9,12,14H,1-4H2. The lowest BCUT2D eigenvalue weighted by atomic mass is 10.0. The van der Waals surface area contributed by atoms with Gasteiger partial charge >= 0.3 is 0 Å². The van der Waals surface area contributed by atoms with Gasteiger partial charge in [0.1, 0.15) is 5.75 Å². The summed E-state index contributed by atoms with van der Waals surface area (Å²) in [4.78, 5) is 4.52. The lowest BCUT2D eigenvalue weighted by Gasteiger charge is -2.10. The summed E-state index contributed by atoms with van der Waals surface area (Å²) in [5.41, 5.74) is 1.21. The molecule has 1 aromatic rings. The van der Waals surface area contributed by atoms with Crippen LogP contribution in [0.15, 0.2) is 29.3 Å². The number of hydrogen-bond acceptors (Lipinski definition) is 2. The van der Waals surface area contributed by atoms with E-state index in [1.165, 1.54) is 18.4 Å². The molecular formula is C12H15NO. The van der Waals surface area contributed by atoms with Crippen molar-refractivity contribution < 1.29 is 5.11 Å². The highest BCUT2D eigenvalue weighted by Crippen LogP contribution is 2.26. The molecule has 1 unspecified atom stereocenters. The monoisotopic (exact) mass is 189 g/mol. The summed E-state index contributed by atoms with van der Waals surface area (Å²) in [5.74, 6) is 0.325. The smallest absolute Gasteiger partial charge is 0.115 e. The number of benzene rings is 1.